The first-order chi connectivity index (χ1) is 16.0. The van der Waals surface area contributed by atoms with Gasteiger partial charge in [-0.1, -0.05) is 48.9 Å². The molecule has 3 aromatic carbocycles. The number of nitrogens with two attached hydrogens (primary N) is 1. The quantitative estimate of drug-likeness (QED) is 0.472. The zero-order valence-electron chi connectivity index (χ0n) is 19.7. The third-order valence-electron chi connectivity index (χ3n) is 5.94. The number of benzene rings is 3. The van der Waals surface area contributed by atoms with Gasteiger partial charge in [-0.05, 0) is 79.3 Å². The van der Waals surface area contributed by atoms with Gasteiger partial charge in [-0.2, -0.15) is 0 Å². The van der Waals surface area contributed by atoms with Crippen LogP contribution in [0.15, 0.2) is 59.5 Å². The number of carbonyl (C=O) groups excluding carboxylic acids is 1. The largest absolute Gasteiger partial charge is 0.384 e. The van der Waals surface area contributed by atoms with Crippen LogP contribution in [0.3, 0.4) is 0 Å². The second-order valence-electron chi connectivity index (χ2n) is 8.34. The van der Waals surface area contributed by atoms with Gasteiger partial charge >= 0.3 is 0 Å². The van der Waals surface area contributed by atoms with Crippen molar-refractivity contribution in [1.82, 2.24) is 0 Å². The number of aliphatic hydroxyl groups excluding tert-OH is 1. The fourth-order valence-electron chi connectivity index (χ4n) is 4.03. The zero-order valence-corrected chi connectivity index (χ0v) is 21.2. The number of aliphatic hydroxyl groups is 1. The maximum atomic E-state index is 13.9. The molecule has 0 heterocycles. The third kappa shape index (κ3) is 5.12. The average molecular weight is 501 g/mol. The van der Waals surface area contributed by atoms with Crippen LogP contribution in [-0.2, 0) is 21.2 Å². The van der Waals surface area contributed by atoms with E-state index in [1.807, 2.05) is 32.9 Å². The lowest BCUT2D eigenvalue weighted by Crippen LogP contribution is -2.39. The van der Waals surface area contributed by atoms with E-state index in [0.717, 1.165) is 21.0 Å². The molecule has 0 radical (unpaired) electrons. The summed E-state index contributed by atoms with van der Waals surface area (Å²) in [5, 5.41) is 11.7. The minimum absolute atomic E-state index is 0.0706. The number of primary amides is 1. The van der Waals surface area contributed by atoms with Crippen molar-refractivity contribution in [3.8, 4) is 0 Å². The van der Waals surface area contributed by atoms with E-state index in [2.05, 4.69) is 0 Å². The maximum absolute atomic E-state index is 13.9. The topological polar surface area (TPSA) is 101 Å². The lowest BCUT2D eigenvalue weighted by atomic mass is 9.94. The minimum Gasteiger partial charge on any atom is -0.384 e. The van der Waals surface area contributed by atoms with Crippen molar-refractivity contribution in [1.29, 1.82) is 0 Å². The number of aryl methyl sites for hydroxylation is 4. The molecule has 0 aliphatic rings. The Hall–Kier alpha value is -2.87. The molecule has 1 amide bonds. The van der Waals surface area contributed by atoms with E-state index in [4.69, 9.17) is 17.3 Å². The highest BCUT2D eigenvalue weighted by Crippen LogP contribution is 2.37. The Labute approximate surface area is 206 Å². The molecule has 34 heavy (non-hydrogen) atoms. The summed E-state index contributed by atoms with van der Waals surface area (Å²) in [6.45, 7) is 6.81. The Kier molecular flexibility index (Phi) is 7.70. The lowest BCUT2D eigenvalue weighted by molar-refractivity contribution is -0.116. The normalized spacial score (nSPS) is 12.4. The fourth-order valence-corrected chi connectivity index (χ4v) is 5.97. The molecule has 0 aromatic heterocycles. The number of carbonyl (C=O) groups is 1. The fraction of sp³-hybridized carbons (Fsp3) is 0.269. The smallest absolute Gasteiger partial charge is 0.265 e. The number of hydrogen-bond donors (Lipinski definition) is 2. The van der Waals surface area contributed by atoms with Crippen molar-refractivity contribution in [2.75, 3.05) is 10.8 Å². The molecule has 3 N–H and O–H groups in total. The second-order valence-corrected chi connectivity index (χ2v) is 10.6. The Morgan fingerprint density at radius 1 is 1.00 bits per heavy atom. The number of halogens is 1. The molecular formula is C26H29ClN2O4S. The van der Waals surface area contributed by atoms with Gasteiger partial charge in [0.05, 0.1) is 10.6 Å². The van der Waals surface area contributed by atoms with Crippen LogP contribution in [0.4, 0.5) is 5.69 Å². The summed E-state index contributed by atoms with van der Waals surface area (Å²) in [6.07, 6.45) is -0.495. The van der Waals surface area contributed by atoms with Crippen LogP contribution >= 0.6 is 11.6 Å². The molecule has 0 fully saturated rings. The molecule has 3 rings (SSSR count). The highest BCUT2D eigenvalue weighted by Gasteiger charge is 2.32. The molecule has 8 heteroatoms. The first-order valence-corrected chi connectivity index (χ1v) is 12.7. The average Bonchev–Trinajstić information content (AvgIpc) is 2.79. The Morgan fingerprint density at radius 2 is 1.65 bits per heavy atom. The van der Waals surface area contributed by atoms with E-state index < -0.39 is 28.6 Å². The van der Waals surface area contributed by atoms with Gasteiger partial charge in [0.1, 0.15) is 12.6 Å². The molecule has 0 aliphatic carbocycles. The first-order valence-electron chi connectivity index (χ1n) is 10.9. The molecule has 0 spiro atoms. The summed E-state index contributed by atoms with van der Waals surface area (Å²) in [6, 6.07) is 15.3. The van der Waals surface area contributed by atoms with Crippen LogP contribution < -0.4 is 10.0 Å². The molecule has 1 atom stereocenters. The van der Waals surface area contributed by atoms with E-state index in [1.54, 1.807) is 31.2 Å². The summed E-state index contributed by atoms with van der Waals surface area (Å²) < 4.78 is 28.7. The second kappa shape index (κ2) is 10.2. The van der Waals surface area contributed by atoms with E-state index in [9.17, 15) is 18.3 Å². The van der Waals surface area contributed by atoms with Gasteiger partial charge in [0.25, 0.3) is 10.0 Å². The first kappa shape index (κ1) is 25.7. The van der Waals surface area contributed by atoms with Crippen molar-refractivity contribution >= 4 is 33.2 Å². The summed E-state index contributed by atoms with van der Waals surface area (Å²) in [7, 11) is -4.21. The van der Waals surface area contributed by atoms with Gasteiger partial charge < -0.3 is 10.8 Å². The summed E-state index contributed by atoms with van der Waals surface area (Å²) in [4.78, 5) is 12.1. The molecule has 0 aliphatic heterocycles. The molecular weight excluding hydrogens is 472 g/mol. The minimum atomic E-state index is -4.21. The number of amides is 1. The lowest BCUT2D eigenvalue weighted by Gasteiger charge is -2.28. The number of sulfonamides is 1. The van der Waals surface area contributed by atoms with Crippen LogP contribution in [0, 0.1) is 20.8 Å². The van der Waals surface area contributed by atoms with E-state index in [1.165, 1.54) is 18.2 Å². The molecule has 0 saturated carbocycles. The third-order valence-corrected chi connectivity index (χ3v) is 8.08. The predicted octanol–water partition coefficient (Wildman–Crippen LogP) is 4.59. The molecule has 6 nitrogen and oxygen atoms in total. The maximum Gasteiger partial charge on any atom is 0.265 e. The van der Waals surface area contributed by atoms with Crippen LogP contribution in [0.25, 0.3) is 0 Å². The van der Waals surface area contributed by atoms with Crippen LogP contribution in [0.1, 0.15) is 46.4 Å². The highest BCUT2D eigenvalue weighted by molar-refractivity contribution is 7.93. The van der Waals surface area contributed by atoms with Crippen molar-refractivity contribution in [3.63, 3.8) is 0 Å². The number of anilines is 1. The van der Waals surface area contributed by atoms with Crippen molar-refractivity contribution in [2.45, 2.75) is 45.1 Å². The van der Waals surface area contributed by atoms with Crippen molar-refractivity contribution < 1.29 is 18.3 Å². The monoisotopic (exact) mass is 500 g/mol. The van der Waals surface area contributed by atoms with Gasteiger partial charge in [0.2, 0.25) is 5.91 Å². The molecule has 1 unspecified atom stereocenters. The number of nitrogens with zero attached hydrogens (tertiary/aromatic N) is 1. The van der Waals surface area contributed by atoms with Gasteiger partial charge in [0.15, 0.2) is 0 Å². The summed E-state index contributed by atoms with van der Waals surface area (Å²) in [5.41, 5.74) is 9.73. The van der Waals surface area contributed by atoms with E-state index >= 15 is 0 Å². The van der Waals surface area contributed by atoms with Gasteiger partial charge in [-0.3, -0.25) is 9.10 Å². The summed E-state index contributed by atoms with van der Waals surface area (Å²) >= 11 is 6.26. The van der Waals surface area contributed by atoms with Crippen LogP contribution in [-0.4, -0.2) is 26.0 Å². The molecule has 0 saturated heterocycles. The van der Waals surface area contributed by atoms with Crippen LogP contribution in [0.5, 0.6) is 0 Å². The van der Waals surface area contributed by atoms with Crippen LogP contribution in [0.2, 0.25) is 5.02 Å². The van der Waals surface area contributed by atoms with E-state index in [0.29, 0.717) is 22.6 Å². The number of rotatable bonds is 8. The SMILES string of the molecule is CCc1ccccc1C(O)c1cc(Cl)ccc1N(CC(N)=O)S(=O)(=O)c1cc(C)c(C)cc1C. The predicted molar refractivity (Wildman–Crippen MR) is 136 cm³/mol. The van der Waals surface area contributed by atoms with Gasteiger partial charge in [0, 0.05) is 10.6 Å². The standard InChI is InChI=1S/C26H29ClN2O4S/c1-5-19-8-6-7-9-21(19)26(31)22-14-20(27)10-11-23(22)29(15-25(28)30)34(32,33)24-13-17(3)16(2)12-18(24)4/h6-14,26,31H,5,15H2,1-4H3,(H2,28,30). The van der Waals surface area contributed by atoms with E-state index in [-0.39, 0.29) is 16.1 Å². The Morgan fingerprint density at radius 3 is 2.29 bits per heavy atom. The summed E-state index contributed by atoms with van der Waals surface area (Å²) in [5.74, 6) is -0.825. The molecule has 0 bridgehead atoms. The Balaban J connectivity index is 2.26. The highest BCUT2D eigenvalue weighted by atomic mass is 35.5. The number of hydrogen-bond acceptors (Lipinski definition) is 4. The Bertz CT molecular complexity index is 1340. The van der Waals surface area contributed by atoms with Gasteiger partial charge in [-0.15, -0.1) is 0 Å². The van der Waals surface area contributed by atoms with Crippen molar-refractivity contribution in [3.05, 3.63) is 93.0 Å². The zero-order chi connectivity index (χ0) is 25.2. The van der Waals surface area contributed by atoms with Gasteiger partial charge in [-0.25, -0.2) is 8.42 Å². The van der Waals surface area contributed by atoms with Crippen molar-refractivity contribution in [2.24, 2.45) is 5.73 Å². The molecule has 3 aromatic rings. The molecule has 180 valence electrons.